The molecule has 0 aliphatic carbocycles. The fourth-order valence-corrected chi connectivity index (χ4v) is 3.46. The highest BCUT2D eigenvalue weighted by Gasteiger charge is 2.37. The second-order valence-electron chi connectivity index (χ2n) is 7.43. The number of halogens is 6. The summed E-state index contributed by atoms with van der Waals surface area (Å²) in [5.41, 5.74) is -1.40. The van der Waals surface area contributed by atoms with Crippen LogP contribution in [0, 0.1) is 0 Å². The van der Waals surface area contributed by atoms with Crippen LogP contribution in [0.2, 0.25) is 0 Å². The molecule has 2 aromatic carbocycles. The standard InChI is InChI=1S/C23H15F6N7O/c24-22(25,26)17-7-3-1-5-14(17)19-33-20(15-6-2-4-8-18(15)23(27,28)29)36(35-19)11-16(21(37)34-30)13-9-31-12-32-10-13/h1-12H,30H2,(H,34,37)/b16-11+. The summed E-state index contributed by atoms with van der Waals surface area (Å²) in [6.45, 7) is 0. The van der Waals surface area contributed by atoms with E-state index in [2.05, 4.69) is 20.1 Å². The van der Waals surface area contributed by atoms with Gasteiger partial charge in [-0.25, -0.2) is 25.5 Å². The number of rotatable bonds is 5. The van der Waals surface area contributed by atoms with Crippen molar-refractivity contribution in [2.24, 2.45) is 5.84 Å². The van der Waals surface area contributed by atoms with Gasteiger partial charge in [-0.05, 0) is 12.1 Å². The van der Waals surface area contributed by atoms with Gasteiger partial charge in [0.1, 0.15) is 6.33 Å². The Morgan fingerprint density at radius 3 is 1.97 bits per heavy atom. The van der Waals surface area contributed by atoms with E-state index in [4.69, 9.17) is 5.84 Å². The summed E-state index contributed by atoms with van der Waals surface area (Å²) in [6, 6.07) is 8.67. The molecule has 1 amide bonds. The third-order valence-electron chi connectivity index (χ3n) is 5.08. The summed E-state index contributed by atoms with van der Waals surface area (Å²) >= 11 is 0. The molecule has 4 aromatic rings. The average Bonchev–Trinajstić information content (AvgIpc) is 3.30. The topological polar surface area (TPSA) is 112 Å². The zero-order chi connectivity index (χ0) is 26.8. The summed E-state index contributed by atoms with van der Waals surface area (Å²) in [7, 11) is 0. The Bertz CT molecular complexity index is 1460. The lowest BCUT2D eigenvalue weighted by Gasteiger charge is -2.12. The van der Waals surface area contributed by atoms with Gasteiger partial charge in [0.25, 0.3) is 5.91 Å². The largest absolute Gasteiger partial charge is 0.417 e. The number of benzene rings is 2. The molecular formula is C23H15F6N7O. The van der Waals surface area contributed by atoms with Crippen LogP contribution in [0.5, 0.6) is 0 Å². The Hall–Kier alpha value is -4.59. The van der Waals surface area contributed by atoms with Crippen molar-refractivity contribution in [1.29, 1.82) is 0 Å². The summed E-state index contributed by atoms with van der Waals surface area (Å²) in [4.78, 5) is 24.1. The summed E-state index contributed by atoms with van der Waals surface area (Å²) in [5.74, 6) is 3.37. The number of carbonyl (C=O) groups excluding carboxylic acids is 1. The first-order chi connectivity index (χ1) is 17.5. The van der Waals surface area contributed by atoms with Crippen molar-refractivity contribution in [3.63, 3.8) is 0 Å². The Labute approximate surface area is 204 Å². The number of nitrogens with zero attached hydrogens (tertiary/aromatic N) is 5. The maximum absolute atomic E-state index is 13.8. The number of nitrogens with two attached hydrogens (primary N) is 1. The lowest BCUT2D eigenvalue weighted by molar-refractivity contribution is -0.137. The minimum absolute atomic E-state index is 0.105. The SMILES string of the molecule is NNC(=O)/C(=C/n1nc(-c2ccccc2C(F)(F)F)nc1-c1ccccc1C(F)(F)F)c1cncnc1. The van der Waals surface area contributed by atoms with Crippen LogP contribution in [0.4, 0.5) is 26.3 Å². The van der Waals surface area contributed by atoms with E-state index in [0.29, 0.717) is 0 Å². The molecular weight excluding hydrogens is 504 g/mol. The third kappa shape index (κ3) is 5.33. The fourth-order valence-electron chi connectivity index (χ4n) is 3.46. The highest BCUT2D eigenvalue weighted by molar-refractivity contribution is 6.22. The van der Waals surface area contributed by atoms with Gasteiger partial charge < -0.3 is 0 Å². The van der Waals surface area contributed by atoms with Crippen LogP contribution < -0.4 is 11.3 Å². The number of hydrazine groups is 1. The van der Waals surface area contributed by atoms with E-state index in [1.807, 2.05) is 5.43 Å². The van der Waals surface area contributed by atoms with Crippen LogP contribution in [-0.2, 0) is 17.1 Å². The number of hydrogen-bond acceptors (Lipinski definition) is 6. The molecule has 4 rings (SSSR count). The molecule has 0 unspecified atom stereocenters. The molecule has 0 atom stereocenters. The quantitative estimate of drug-likeness (QED) is 0.133. The number of amides is 1. The van der Waals surface area contributed by atoms with E-state index in [0.717, 1.165) is 47.3 Å². The second-order valence-corrected chi connectivity index (χ2v) is 7.43. The molecule has 0 saturated heterocycles. The zero-order valence-corrected chi connectivity index (χ0v) is 18.4. The van der Waals surface area contributed by atoms with Crippen LogP contribution >= 0.6 is 0 Å². The van der Waals surface area contributed by atoms with E-state index >= 15 is 0 Å². The number of carbonyl (C=O) groups is 1. The predicted octanol–water partition coefficient (Wildman–Crippen LogP) is 4.43. The first-order valence-corrected chi connectivity index (χ1v) is 10.3. The number of alkyl halides is 6. The molecule has 190 valence electrons. The van der Waals surface area contributed by atoms with E-state index in [1.165, 1.54) is 30.9 Å². The van der Waals surface area contributed by atoms with Crippen LogP contribution in [0.1, 0.15) is 16.7 Å². The van der Waals surface area contributed by atoms with Crippen molar-refractivity contribution in [2.75, 3.05) is 0 Å². The molecule has 14 heteroatoms. The maximum atomic E-state index is 13.8. The molecule has 0 saturated carbocycles. The molecule has 0 bridgehead atoms. The smallest absolute Gasteiger partial charge is 0.290 e. The van der Waals surface area contributed by atoms with Gasteiger partial charge in [0.05, 0.1) is 16.7 Å². The van der Waals surface area contributed by atoms with Crippen molar-refractivity contribution >= 4 is 17.7 Å². The van der Waals surface area contributed by atoms with Gasteiger partial charge in [0.2, 0.25) is 0 Å². The molecule has 2 heterocycles. The lowest BCUT2D eigenvalue weighted by Crippen LogP contribution is -2.31. The zero-order valence-electron chi connectivity index (χ0n) is 18.4. The van der Waals surface area contributed by atoms with E-state index < -0.39 is 52.2 Å². The molecule has 8 nitrogen and oxygen atoms in total. The number of aromatic nitrogens is 5. The summed E-state index contributed by atoms with van der Waals surface area (Å²) in [6.07, 6.45) is -5.01. The number of nitrogens with one attached hydrogen (secondary N) is 1. The normalized spacial score (nSPS) is 12.5. The molecule has 0 spiro atoms. The van der Waals surface area contributed by atoms with Crippen molar-refractivity contribution < 1.29 is 31.1 Å². The Morgan fingerprint density at radius 2 is 1.41 bits per heavy atom. The fraction of sp³-hybridized carbons (Fsp3) is 0.0870. The first kappa shape index (κ1) is 25.5. The van der Waals surface area contributed by atoms with Crippen molar-refractivity contribution in [3.05, 3.63) is 83.9 Å². The van der Waals surface area contributed by atoms with Gasteiger partial charge in [-0.1, -0.05) is 36.4 Å². The van der Waals surface area contributed by atoms with Crippen LogP contribution in [0.15, 0.2) is 67.3 Å². The molecule has 0 aliphatic rings. The van der Waals surface area contributed by atoms with Gasteiger partial charge in [-0.3, -0.25) is 10.2 Å². The van der Waals surface area contributed by atoms with Gasteiger partial charge in [-0.15, -0.1) is 5.10 Å². The Balaban J connectivity index is 2.03. The summed E-state index contributed by atoms with van der Waals surface area (Å²) < 4.78 is 83.2. The molecule has 2 aromatic heterocycles. The minimum Gasteiger partial charge on any atom is -0.290 e. The molecule has 0 fully saturated rings. The monoisotopic (exact) mass is 519 g/mol. The van der Waals surface area contributed by atoms with Gasteiger partial charge >= 0.3 is 12.4 Å². The molecule has 3 N–H and O–H groups in total. The lowest BCUT2D eigenvalue weighted by atomic mass is 10.1. The Kier molecular flexibility index (Phi) is 6.76. The van der Waals surface area contributed by atoms with Gasteiger partial charge in [0, 0.05) is 35.3 Å². The van der Waals surface area contributed by atoms with Crippen molar-refractivity contribution in [1.82, 2.24) is 30.2 Å². The van der Waals surface area contributed by atoms with Crippen LogP contribution in [0.3, 0.4) is 0 Å². The third-order valence-corrected chi connectivity index (χ3v) is 5.08. The average molecular weight is 519 g/mol. The maximum Gasteiger partial charge on any atom is 0.417 e. The number of hydrogen-bond donors (Lipinski definition) is 2. The van der Waals surface area contributed by atoms with Gasteiger partial charge in [0.15, 0.2) is 11.6 Å². The molecule has 0 radical (unpaired) electrons. The first-order valence-electron chi connectivity index (χ1n) is 10.3. The van der Waals surface area contributed by atoms with Crippen LogP contribution in [0.25, 0.3) is 34.5 Å². The van der Waals surface area contributed by atoms with Crippen molar-refractivity contribution in [2.45, 2.75) is 12.4 Å². The van der Waals surface area contributed by atoms with Crippen LogP contribution in [-0.4, -0.2) is 30.6 Å². The van der Waals surface area contributed by atoms with E-state index in [-0.39, 0.29) is 11.1 Å². The van der Waals surface area contributed by atoms with Gasteiger partial charge in [-0.2, -0.15) is 26.3 Å². The minimum atomic E-state index is -4.83. The molecule has 37 heavy (non-hydrogen) atoms. The second kappa shape index (κ2) is 9.81. The molecule has 0 aliphatic heterocycles. The van der Waals surface area contributed by atoms with E-state index in [9.17, 15) is 31.1 Å². The highest BCUT2D eigenvalue weighted by atomic mass is 19.4. The van der Waals surface area contributed by atoms with Crippen molar-refractivity contribution in [3.8, 4) is 22.8 Å². The summed E-state index contributed by atoms with van der Waals surface area (Å²) in [5, 5.41) is 4.04. The van der Waals surface area contributed by atoms with E-state index in [1.54, 1.807) is 0 Å². The Morgan fingerprint density at radius 1 is 0.865 bits per heavy atom. The highest BCUT2D eigenvalue weighted by Crippen LogP contribution is 2.39. The predicted molar refractivity (Wildman–Crippen MR) is 119 cm³/mol.